The van der Waals surface area contributed by atoms with Crippen molar-refractivity contribution in [3.63, 3.8) is 0 Å². The first-order valence-electron chi connectivity index (χ1n) is 12.8. The standard InChI is InChI=1S/C35H22N2O2/c38-35-30-17-8-7-16-28(30)29-19-18-26(21-33(29)39-35)25-14-9-15-27(20-25)34-36-31(23-10-3-1-4-11-23)22-32(37-34)24-12-5-2-6-13-24/h1-22H. The van der Waals surface area contributed by atoms with Crippen molar-refractivity contribution in [2.75, 3.05) is 0 Å². The Bertz CT molecular complexity index is 1970. The zero-order valence-electron chi connectivity index (χ0n) is 20.9. The third-order valence-corrected chi connectivity index (χ3v) is 6.94. The molecule has 4 nitrogen and oxygen atoms in total. The lowest BCUT2D eigenvalue weighted by Gasteiger charge is -2.11. The summed E-state index contributed by atoms with van der Waals surface area (Å²) in [5, 5.41) is 2.39. The van der Waals surface area contributed by atoms with Crippen molar-refractivity contribution in [2.24, 2.45) is 0 Å². The molecule has 0 atom stereocenters. The Labute approximate surface area is 224 Å². The number of benzene rings is 5. The predicted octanol–water partition coefficient (Wildman–Crippen LogP) is 8.40. The van der Waals surface area contributed by atoms with Gasteiger partial charge in [-0.3, -0.25) is 0 Å². The van der Waals surface area contributed by atoms with E-state index in [1.165, 1.54) is 0 Å². The van der Waals surface area contributed by atoms with E-state index in [1.807, 2.05) is 91.0 Å². The summed E-state index contributed by atoms with van der Waals surface area (Å²) >= 11 is 0. The van der Waals surface area contributed by atoms with Crippen LogP contribution in [0.2, 0.25) is 0 Å². The number of aromatic nitrogens is 2. The summed E-state index contributed by atoms with van der Waals surface area (Å²) in [5.41, 5.74) is 6.87. The summed E-state index contributed by atoms with van der Waals surface area (Å²) in [6.45, 7) is 0. The predicted molar refractivity (Wildman–Crippen MR) is 157 cm³/mol. The lowest BCUT2D eigenvalue weighted by atomic mass is 9.99. The summed E-state index contributed by atoms with van der Waals surface area (Å²) in [5.74, 6) is 0.648. The maximum atomic E-state index is 12.6. The zero-order valence-corrected chi connectivity index (χ0v) is 20.9. The monoisotopic (exact) mass is 502 g/mol. The van der Waals surface area contributed by atoms with E-state index in [0.29, 0.717) is 16.8 Å². The van der Waals surface area contributed by atoms with E-state index in [4.69, 9.17) is 14.4 Å². The summed E-state index contributed by atoms with van der Waals surface area (Å²) in [7, 11) is 0. The maximum absolute atomic E-state index is 12.6. The molecule has 0 aliphatic rings. The second-order valence-corrected chi connectivity index (χ2v) is 9.42. The molecule has 39 heavy (non-hydrogen) atoms. The molecule has 0 saturated heterocycles. The van der Waals surface area contributed by atoms with Gasteiger partial charge in [-0.2, -0.15) is 0 Å². The van der Waals surface area contributed by atoms with Crippen LogP contribution in [0, 0.1) is 0 Å². The first-order chi connectivity index (χ1) is 19.2. The molecule has 184 valence electrons. The van der Waals surface area contributed by atoms with Crippen molar-refractivity contribution < 1.29 is 4.42 Å². The first-order valence-corrected chi connectivity index (χ1v) is 12.8. The van der Waals surface area contributed by atoms with Gasteiger partial charge >= 0.3 is 5.63 Å². The minimum Gasteiger partial charge on any atom is -0.422 e. The van der Waals surface area contributed by atoms with Crippen molar-refractivity contribution >= 4 is 21.7 Å². The molecule has 0 aliphatic heterocycles. The van der Waals surface area contributed by atoms with Crippen LogP contribution < -0.4 is 5.63 Å². The van der Waals surface area contributed by atoms with Crippen LogP contribution in [0.15, 0.2) is 143 Å². The molecule has 0 aliphatic carbocycles. The van der Waals surface area contributed by atoms with Crippen molar-refractivity contribution in [3.8, 4) is 45.0 Å². The van der Waals surface area contributed by atoms with Crippen molar-refractivity contribution in [3.05, 3.63) is 144 Å². The molecule has 0 radical (unpaired) electrons. The Morgan fingerprint density at radius 1 is 0.436 bits per heavy atom. The third kappa shape index (κ3) is 4.28. The van der Waals surface area contributed by atoms with E-state index in [2.05, 4.69) is 36.4 Å². The fourth-order valence-electron chi connectivity index (χ4n) is 4.99. The molecule has 7 rings (SSSR count). The first kappa shape index (κ1) is 22.8. The second-order valence-electron chi connectivity index (χ2n) is 9.42. The van der Waals surface area contributed by atoms with Crippen LogP contribution in [0.4, 0.5) is 0 Å². The van der Waals surface area contributed by atoms with Gasteiger partial charge in [0.2, 0.25) is 0 Å². The fourth-order valence-corrected chi connectivity index (χ4v) is 4.99. The van der Waals surface area contributed by atoms with Gasteiger partial charge < -0.3 is 4.42 Å². The molecule has 0 bridgehead atoms. The number of rotatable bonds is 4. The van der Waals surface area contributed by atoms with E-state index in [9.17, 15) is 4.79 Å². The normalized spacial score (nSPS) is 11.2. The van der Waals surface area contributed by atoms with E-state index in [-0.39, 0.29) is 5.63 Å². The molecule has 2 aromatic heterocycles. The summed E-state index contributed by atoms with van der Waals surface area (Å²) in [6, 6.07) is 44.0. The smallest absolute Gasteiger partial charge is 0.344 e. The fraction of sp³-hybridized carbons (Fsp3) is 0. The Hall–Kier alpha value is -5.35. The maximum Gasteiger partial charge on any atom is 0.344 e. The van der Waals surface area contributed by atoms with E-state index in [1.54, 1.807) is 6.07 Å². The minimum absolute atomic E-state index is 0.330. The number of fused-ring (bicyclic) bond motifs is 3. The zero-order chi connectivity index (χ0) is 26.2. The summed E-state index contributed by atoms with van der Waals surface area (Å²) in [6.07, 6.45) is 0. The average Bonchev–Trinajstić information content (AvgIpc) is 3.02. The van der Waals surface area contributed by atoms with Gasteiger partial charge in [-0.1, -0.05) is 103 Å². The van der Waals surface area contributed by atoms with E-state index >= 15 is 0 Å². The van der Waals surface area contributed by atoms with Gasteiger partial charge in [0.05, 0.1) is 16.8 Å². The van der Waals surface area contributed by atoms with Crippen LogP contribution in [0.25, 0.3) is 66.8 Å². The molecular formula is C35H22N2O2. The Morgan fingerprint density at radius 3 is 1.69 bits per heavy atom. The van der Waals surface area contributed by atoms with Crippen LogP contribution in [0.1, 0.15) is 0 Å². The Morgan fingerprint density at radius 2 is 1.00 bits per heavy atom. The lowest BCUT2D eigenvalue weighted by molar-refractivity contribution is 0.570. The summed E-state index contributed by atoms with van der Waals surface area (Å²) < 4.78 is 5.70. The molecule has 0 spiro atoms. The van der Waals surface area contributed by atoms with Crippen molar-refractivity contribution in [2.45, 2.75) is 0 Å². The highest BCUT2D eigenvalue weighted by Crippen LogP contribution is 2.32. The molecule has 0 N–H and O–H groups in total. The topological polar surface area (TPSA) is 56.0 Å². The lowest BCUT2D eigenvalue weighted by Crippen LogP contribution is -1.99. The Balaban J connectivity index is 1.36. The van der Waals surface area contributed by atoms with Gasteiger partial charge in [0, 0.05) is 22.1 Å². The third-order valence-electron chi connectivity index (χ3n) is 6.94. The molecule has 7 aromatic rings. The van der Waals surface area contributed by atoms with Crippen LogP contribution in [0.3, 0.4) is 0 Å². The van der Waals surface area contributed by atoms with Crippen molar-refractivity contribution in [1.82, 2.24) is 9.97 Å². The molecule has 0 saturated carbocycles. The second kappa shape index (κ2) is 9.51. The number of hydrogen-bond donors (Lipinski definition) is 0. The molecule has 2 heterocycles. The van der Waals surface area contributed by atoms with Gasteiger partial charge in [0.1, 0.15) is 5.58 Å². The highest BCUT2D eigenvalue weighted by molar-refractivity contribution is 6.05. The van der Waals surface area contributed by atoms with Gasteiger partial charge in [0.25, 0.3) is 0 Å². The largest absolute Gasteiger partial charge is 0.422 e. The molecule has 5 aromatic carbocycles. The number of nitrogens with zero attached hydrogens (tertiary/aromatic N) is 2. The van der Waals surface area contributed by atoms with Crippen molar-refractivity contribution in [1.29, 1.82) is 0 Å². The highest BCUT2D eigenvalue weighted by atomic mass is 16.4. The molecule has 0 amide bonds. The molecule has 4 heteroatoms. The molecule has 0 fully saturated rings. The van der Waals surface area contributed by atoms with Gasteiger partial charge in [0.15, 0.2) is 5.82 Å². The average molecular weight is 503 g/mol. The summed E-state index contributed by atoms with van der Waals surface area (Å²) in [4.78, 5) is 22.5. The highest BCUT2D eigenvalue weighted by Gasteiger charge is 2.13. The van der Waals surface area contributed by atoms with Crippen LogP contribution >= 0.6 is 0 Å². The minimum atomic E-state index is -0.330. The van der Waals surface area contributed by atoms with Crippen LogP contribution in [-0.2, 0) is 0 Å². The van der Waals surface area contributed by atoms with Gasteiger partial charge in [-0.15, -0.1) is 0 Å². The van der Waals surface area contributed by atoms with Gasteiger partial charge in [-0.25, -0.2) is 14.8 Å². The SMILES string of the molecule is O=c1oc2cc(-c3cccc(-c4nc(-c5ccccc5)cc(-c5ccccc5)n4)c3)ccc2c2ccccc12. The van der Waals surface area contributed by atoms with E-state index < -0.39 is 0 Å². The number of hydrogen-bond acceptors (Lipinski definition) is 4. The van der Waals surface area contributed by atoms with Gasteiger partial charge in [-0.05, 0) is 46.8 Å². The molecule has 0 unspecified atom stereocenters. The van der Waals surface area contributed by atoms with Crippen LogP contribution in [-0.4, -0.2) is 9.97 Å². The van der Waals surface area contributed by atoms with Crippen LogP contribution in [0.5, 0.6) is 0 Å². The quantitative estimate of drug-likeness (QED) is 0.179. The molecular weight excluding hydrogens is 480 g/mol. The van der Waals surface area contributed by atoms with E-state index in [0.717, 1.165) is 50.0 Å². The Kier molecular flexibility index (Phi) is 5.56.